The molecule has 0 unspecified atom stereocenters. The zero-order valence-corrected chi connectivity index (χ0v) is 21.9. The van der Waals surface area contributed by atoms with E-state index >= 15 is 0 Å². The second-order valence-corrected chi connectivity index (χ2v) is 9.02. The number of aromatic amines is 2. The third kappa shape index (κ3) is 6.14. The lowest BCUT2D eigenvalue weighted by atomic mass is 10.0. The topological polar surface area (TPSA) is 179 Å². The molecule has 0 saturated carbocycles. The Labute approximate surface area is 233 Å². The highest BCUT2D eigenvalue weighted by Gasteiger charge is 2.24. The molecule has 5 N–H and O–H groups in total. The van der Waals surface area contributed by atoms with Gasteiger partial charge in [-0.2, -0.15) is 0 Å². The third-order valence-electron chi connectivity index (χ3n) is 6.27. The van der Waals surface area contributed by atoms with Crippen LogP contribution in [0, 0.1) is 0 Å². The van der Waals surface area contributed by atoms with Gasteiger partial charge in [0.15, 0.2) is 5.82 Å². The van der Waals surface area contributed by atoms with Gasteiger partial charge in [0.25, 0.3) is 5.91 Å². The van der Waals surface area contributed by atoms with E-state index in [-0.39, 0.29) is 24.5 Å². The van der Waals surface area contributed by atoms with Crippen LogP contribution in [0.15, 0.2) is 78.5 Å². The van der Waals surface area contributed by atoms with E-state index in [0.717, 1.165) is 16.5 Å². The van der Waals surface area contributed by atoms with Crippen molar-refractivity contribution < 1.29 is 24.3 Å². The standard InChI is InChI=1S/C28H26N8O5/c1-41-32-14-19-13-30-25(33-19)24-26(35-27(38)17-7-3-2-4-8-17)36(16-31-24)15-23(37)34-22(28(39)40)11-18-12-29-21-10-6-5-9-20(18)21/h2-10,12-14,16,22,29H,11,15H2,1H3,(H,30,33)(H,34,37)(H,35,38)(H,39,40)/b32-14-/t22-/m0/s1. The maximum atomic E-state index is 13.1. The number of carbonyl (C=O) groups excluding carboxylic acids is 2. The molecule has 41 heavy (non-hydrogen) atoms. The largest absolute Gasteiger partial charge is 0.480 e. The van der Waals surface area contributed by atoms with Crippen molar-refractivity contribution in [1.29, 1.82) is 0 Å². The number of carbonyl (C=O) groups is 3. The van der Waals surface area contributed by atoms with Gasteiger partial charge in [0.05, 0.1) is 24.4 Å². The molecule has 5 aromatic rings. The second-order valence-electron chi connectivity index (χ2n) is 9.02. The molecule has 0 aliphatic heterocycles. The fourth-order valence-electron chi connectivity index (χ4n) is 4.32. The summed E-state index contributed by atoms with van der Waals surface area (Å²) in [5, 5.41) is 19.8. The number of aliphatic carboxylic acids is 1. The number of fused-ring (bicyclic) bond motifs is 1. The summed E-state index contributed by atoms with van der Waals surface area (Å²) in [6, 6.07) is 14.9. The van der Waals surface area contributed by atoms with Crippen LogP contribution in [0.2, 0.25) is 0 Å². The quantitative estimate of drug-likeness (QED) is 0.123. The number of imidazole rings is 2. The summed E-state index contributed by atoms with van der Waals surface area (Å²) in [4.78, 5) is 57.7. The summed E-state index contributed by atoms with van der Waals surface area (Å²) in [6.45, 7) is -0.312. The first-order valence-electron chi connectivity index (χ1n) is 12.5. The van der Waals surface area contributed by atoms with Gasteiger partial charge in [0, 0.05) is 29.1 Å². The van der Waals surface area contributed by atoms with E-state index in [1.807, 2.05) is 24.3 Å². The predicted molar refractivity (Wildman–Crippen MR) is 150 cm³/mol. The smallest absolute Gasteiger partial charge is 0.326 e. The molecule has 13 nitrogen and oxygen atoms in total. The SMILES string of the molecule is CO/N=C\c1cnc(-c2ncn(CC(=O)N[C@@H](Cc3c[nH]c4ccccc34)C(=O)O)c2NC(=O)c2ccccc2)[nH]1. The molecule has 2 aromatic carbocycles. The first-order valence-corrected chi connectivity index (χ1v) is 12.5. The van der Waals surface area contributed by atoms with Gasteiger partial charge in [-0.15, -0.1) is 0 Å². The molecule has 3 heterocycles. The van der Waals surface area contributed by atoms with Crippen molar-refractivity contribution in [3.8, 4) is 11.5 Å². The molecule has 0 radical (unpaired) electrons. The normalized spacial score (nSPS) is 11.9. The number of amides is 2. The van der Waals surface area contributed by atoms with Crippen LogP contribution >= 0.6 is 0 Å². The highest BCUT2D eigenvalue weighted by molar-refractivity contribution is 6.05. The van der Waals surface area contributed by atoms with E-state index in [4.69, 9.17) is 4.84 Å². The number of anilines is 1. The lowest BCUT2D eigenvalue weighted by Crippen LogP contribution is -2.43. The Balaban J connectivity index is 1.39. The Hall–Kier alpha value is -5.72. The zero-order valence-electron chi connectivity index (χ0n) is 21.9. The number of hydrogen-bond acceptors (Lipinski definition) is 7. The fourth-order valence-corrected chi connectivity index (χ4v) is 4.32. The van der Waals surface area contributed by atoms with Crippen molar-refractivity contribution in [2.45, 2.75) is 19.0 Å². The average Bonchev–Trinajstić information content (AvgIpc) is 3.71. The average molecular weight is 555 g/mol. The van der Waals surface area contributed by atoms with Crippen molar-refractivity contribution in [3.63, 3.8) is 0 Å². The van der Waals surface area contributed by atoms with Crippen LogP contribution in [0.5, 0.6) is 0 Å². The Kier molecular flexibility index (Phi) is 7.86. The molecule has 208 valence electrons. The number of oxime groups is 1. The molecule has 0 fully saturated rings. The number of para-hydroxylation sites is 1. The van der Waals surface area contributed by atoms with Crippen LogP contribution in [0.3, 0.4) is 0 Å². The first-order chi connectivity index (χ1) is 19.9. The van der Waals surface area contributed by atoms with E-state index in [1.165, 1.54) is 30.4 Å². The molecule has 2 amide bonds. The number of carboxylic acids is 1. The number of aromatic nitrogens is 5. The highest BCUT2D eigenvalue weighted by atomic mass is 16.6. The lowest BCUT2D eigenvalue weighted by Gasteiger charge is -2.16. The van der Waals surface area contributed by atoms with Crippen LogP contribution in [-0.2, 0) is 27.4 Å². The van der Waals surface area contributed by atoms with Crippen LogP contribution in [-0.4, -0.2) is 66.8 Å². The maximum Gasteiger partial charge on any atom is 0.326 e. The summed E-state index contributed by atoms with van der Waals surface area (Å²) < 4.78 is 1.42. The third-order valence-corrected chi connectivity index (χ3v) is 6.27. The van der Waals surface area contributed by atoms with Crippen LogP contribution in [0.25, 0.3) is 22.4 Å². The number of hydrogen-bond donors (Lipinski definition) is 5. The molecular formula is C28H26N8O5. The van der Waals surface area contributed by atoms with Crippen LogP contribution < -0.4 is 10.6 Å². The molecule has 5 rings (SSSR count). The summed E-state index contributed by atoms with van der Waals surface area (Å²) >= 11 is 0. The van der Waals surface area contributed by atoms with Crippen molar-refractivity contribution in [2.24, 2.45) is 5.16 Å². The Bertz CT molecular complexity index is 1720. The Morgan fingerprint density at radius 1 is 1.12 bits per heavy atom. The Morgan fingerprint density at radius 3 is 2.68 bits per heavy atom. The van der Waals surface area contributed by atoms with Gasteiger partial charge in [-0.1, -0.05) is 41.6 Å². The molecule has 0 spiro atoms. The van der Waals surface area contributed by atoms with E-state index in [2.05, 4.69) is 35.7 Å². The van der Waals surface area contributed by atoms with E-state index in [1.54, 1.807) is 36.5 Å². The van der Waals surface area contributed by atoms with Crippen LogP contribution in [0.4, 0.5) is 5.82 Å². The van der Waals surface area contributed by atoms with Gasteiger partial charge in [0.2, 0.25) is 5.91 Å². The molecule has 0 bridgehead atoms. The second kappa shape index (κ2) is 12.0. The number of H-pyrrole nitrogens is 2. The predicted octanol–water partition coefficient (Wildman–Crippen LogP) is 2.80. The number of carboxylic acid groups (broad SMARTS) is 1. The minimum atomic E-state index is -1.18. The van der Waals surface area contributed by atoms with Crippen molar-refractivity contribution >= 4 is 40.7 Å². The van der Waals surface area contributed by atoms with E-state index in [0.29, 0.717) is 17.1 Å². The first kappa shape index (κ1) is 26.9. The Morgan fingerprint density at radius 2 is 1.90 bits per heavy atom. The molecule has 13 heteroatoms. The van der Waals surface area contributed by atoms with Crippen molar-refractivity contribution in [2.75, 3.05) is 12.4 Å². The summed E-state index contributed by atoms with van der Waals surface area (Å²) in [6.07, 6.45) is 6.12. The molecule has 3 aromatic heterocycles. The van der Waals surface area contributed by atoms with Gasteiger partial charge in [-0.05, 0) is 23.8 Å². The van der Waals surface area contributed by atoms with Crippen molar-refractivity contribution in [1.82, 2.24) is 29.8 Å². The molecule has 1 atom stereocenters. The molecule has 0 aliphatic carbocycles. The number of nitrogens with zero attached hydrogens (tertiary/aromatic N) is 4. The van der Waals surface area contributed by atoms with Gasteiger partial charge < -0.3 is 35.1 Å². The highest BCUT2D eigenvalue weighted by Crippen LogP contribution is 2.25. The number of rotatable bonds is 11. The van der Waals surface area contributed by atoms with Gasteiger partial charge >= 0.3 is 5.97 Å². The van der Waals surface area contributed by atoms with Gasteiger partial charge in [-0.3, -0.25) is 9.59 Å². The maximum absolute atomic E-state index is 13.1. The summed E-state index contributed by atoms with van der Waals surface area (Å²) in [7, 11) is 1.41. The monoisotopic (exact) mass is 554 g/mol. The minimum Gasteiger partial charge on any atom is -0.480 e. The van der Waals surface area contributed by atoms with Crippen LogP contribution in [0.1, 0.15) is 21.6 Å². The van der Waals surface area contributed by atoms with Gasteiger partial charge in [-0.25, -0.2) is 14.8 Å². The number of nitrogens with one attached hydrogen (secondary N) is 4. The molecule has 0 aliphatic rings. The lowest BCUT2D eigenvalue weighted by molar-refractivity contribution is -0.141. The van der Waals surface area contributed by atoms with Gasteiger partial charge in [0.1, 0.15) is 31.2 Å². The fraction of sp³-hybridized carbons (Fsp3) is 0.143. The van der Waals surface area contributed by atoms with Crippen molar-refractivity contribution in [3.05, 3.63) is 90.1 Å². The molecule has 0 saturated heterocycles. The van der Waals surface area contributed by atoms with E-state index < -0.39 is 23.8 Å². The zero-order chi connectivity index (χ0) is 28.8. The number of benzene rings is 2. The summed E-state index contributed by atoms with van der Waals surface area (Å²) in [5.74, 6) is -1.67. The van der Waals surface area contributed by atoms with E-state index in [9.17, 15) is 19.5 Å². The minimum absolute atomic E-state index is 0.0794. The molecular weight excluding hydrogens is 528 g/mol. The summed E-state index contributed by atoms with van der Waals surface area (Å²) in [5.41, 5.74) is 2.83.